The van der Waals surface area contributed by atoms with E-state index in [4.69, 9.17) is 5.63 Å². The fourth-order valence-corrected chi connectivity index (χ4v) is 43.6. The summed E-state index contributed by atoms with van der Waals surface area (Å²) in [6, 6.07) is 49.5. The first-order valence-corrected chi connectivity index (χ1v) is 38.6. The van der Waals surface area contributed by atoms with Gasteiger partial charge in [0.05, 0.1) is 0 Å². The molecule has 0 fully saturated rings. The quantitative estimate of drug-likeness (QED) is 0.128. The number of rotatable bonds is 10. The molecule has 62 heavy (non-hydrogen) atoms. The van der Waals surface area contributed by atoms with Crippen LogP contribution in [0.2, 0.25) is 9.26 Å². The molecule has 2 nitrogen and oxygen atoms in total. The second-order valence-electron chi connectivity index (χ2n) is 22.7. The van der Waals surface area contributed by atoms with Crippen molar-refractivity contribution in [2.45, 2.75) is 109 Å². The number of hydrogen-bond donors (Lipinski definition) is 0. The van der Waals surface area contributed by atoms with Gasteiger partial charge in [0, 0.05) is 0 Å². The van der Waals surface area contributed by atoms with Crippen molar-refractivity contribution < 1.29 is 20.9 Å². The first-order chi connectivity index (χ1) is 29.0. The molecule has 0 radical (unpaired) electrons. The summed E-state index contributed by atoms with van der Waals surface area (Å²) >= 11 is -7.06. The van der Waals surface area contributed by atoms with Gasteiger partial charge in [-0.1, -0.05) is 0 Å². The van der Waals surface area contributed by atoms with E-state index in [1.807, 2.05) is 0 Å². The van der Waals surface area contributed by atoms with E-state index in [1.54, 1.807) is 0 Å². The number of hydrogen-bond acceptors (Lipinski definition) is 2. The molecule has 4 heteroatoms. The van der Waals surface area contributed by atoms with E-state index < -0.39 is 15.3 Å². The summed E-state index contributed by atoms with van der Waals surface area (Å²) in [5.41, 5.74) is 17.2. The minimum absolute atomic E-state index is 0.205. The van der Waals surface area contributed by atoms with Crippen LogP contribution in [-0.2, 0) is 26.1 Å². The van der Waals surface area contributed by atoms with Crippen LogP contribution in [0, 0.1) is 13.8 Å². The van der Waals surface area contributed by atoms with Gasteiger partial charge in [-0.05, 0) is 0 Å². The summed E-state index contributed by atoms with van der Waals surface area (Å²) in [6.07, 6.45) is 6.75. The molecule has 2 atom stereocenters. The van der Waals surface area contributed by atoms with Crippen molar-refractivity contribution >= 4 is 19.0 Å². The van der Waals surface area contributed by atoms with E-state index in [2.05, 4.69) is 231 Å². The van der Waals surface area contributed by atoms with Crippen molar-refractivity contribution in [3.05, 3.63) is 189 Å². The summed E-state index contributed by atoms with van der Waals surface area (Å²) in [5.74, 6) is 1.83. The second kappa shape index (κ2) is 14.3. The van der Waals surface area contributed by atoms with Crippen LogP contribution in [0.1, 0.15) is 120 Å². The van der Waals surface area contributed by atoms with Crippen molar-refractivity contribution in [1.82, 2.24) is 0 Å². The van der Waals surface area contributed by atoms with Crippen LogP contribution in [0.5, 0.6) is 11.5 Å². The molecule has 0 saturated heterocycles. The van der Waals surface area contributed by atoms with Crippen molar-refractivity contribution in [3.63, 3.8) is 0 Å². The van der Waals surface area contributed by atoms with Crippen molar-refractivity contribution in [2.24, 2.45) is 0 Å². The third-order valence-corrected chi connectivity index (χ3v) is 41.5. The Hall–Kier alpha value is -4.50. The van der Waals surface area contributed by atoms with Gasteiger partial charge in [0.15, 0.2) is 0 Å². The van der Waals surface area contributed by atoms with Crippen LogP contribution in [0.3, 0.4) is 0 Å². The second-order valence-corrected chi connectivity index (χ2v) is 65.7. The predicted molar refractivity (Wildman–Crippen MR) is 267 cm³/mol. The minimum atomic E-state index is -7.06. The zero-order valence-electron chi connectivity index (χ0n) is 39.4. The molecule has 2 aliphatic rings. The summed E-state index contributed by atoms with van der Waals surface area (Å²) in [6.45, 7) is 25.2. The molecule has 0 spiro atoms. The molecule has 320 valence electrons. The van der Waals surface area contributed by atoms with Gasteiger partial charge in [-0.3, -0.25) is 0 Å². The monoisotopic (exact) mass is 914 g/mol. The Balaban J connectivity index is 1.62. The van der Waals surface area contributed by atoms with Gasteiger partial charge in [0.2, 0.25) is 0 Å². The SMILES string of the molecule is CCC1=Cc2c(-c3ccccc3)cccc2[CH]1[Zr]([CH3])([CH3])(=[SiH2])([O]c1ccc(C)cc1C(C)(C)C)([O]c1ccc(C)cc1C(C)(C)C)[CH]1C(CC)=Cc2c(-c3ccccc3)cccc21. The molecule has 0 aliphatic heterocycles. The summed E-state index contributed by atoms with van der Waals surface area (Å²) in [5, 5.41) is 0. The standard InChI is InChI=1S/2C17H15.2C11H16O.2CH3.H2Si.Zr/c2*1-2-13-11-15-9-6-10-16(17(15)12-13)14-7-4-3-5-8-14;2*1-8-5-6-10(12)9(7-8)11(2,3)4;;;;/h2*3-12H,2H2,1H3;2*5-7,12H,1-4H3;2*1H3;1H2;/q;;;;;;;+2/p-2. The summed E-state index contributed by atoms with van der Waals surface area (Å²) in [4.78, 5) is 0. The fraction of sp³-hybridized carbons (Fsp3) is 0.310. The average Bonchev–Trinajstić information content (AvgIpc) is 3.84. The van der Waals surface area contributed by atoms with E-state index in [0.717, 1.165) is 24.3 Å². The molecule has 6 aromatic rings. The maximum absolute atomic E-state index is 8.92. The third-order valence-electron chi connectivity index (χ3n) is 14.6. The normalized spacial score (nSPS) is 18.0. The Kier molecular flexibility index (Phi) is 10.1. The van der Waals surface area contributed by atoms with Gasteiger partial charge >= 0.3 is 372 Å². The van der Waals surface area contributed by atoms with Gasteiger partial charge in [-0.25, -0.2) is 0 Å². The number of fused-ring (bicyclic) bond motifs is 2. The molecule has 0 N–H and O–H groups in total. The fourth-order valence-electron chi connectivity index (χ4n) is 12.1. The Labute approximate surface area is 369 Å². The summed E-state index contributed by atoms with van der Waals surface area (Å²) in [7, 11) is 0. The van der Waals surface area contributed by atoms with E-state index in [-0.39, 0.29) is 18.1 Å². The van der Waals surface area contributed by atoms with Gasteiger partial charge in [0.25, 0.3) is 0 Å². The zero-order chi connectivity index (χ0) is 44.6. The molecule has 0 saturated carbocycles. The zero-order valence-corrected chi connectivity index (χ0v) is 43.3. The van der Waals surface area contributed by atoms with Gasteiger partial charge < -0.3 is 0 Å². The van der Waals surface area contributed by atoms with Gasteiger partial charge in [-0.2, -0.15) is 0 Å². The molecule has 0 bridgehead atoms. The maximum atomic E-state index is 8.92. The Morgan fingerprint density at radius 3 is 1.21 bits per heavy atom. The third kappa shape index (κ3) is 7.00. The van der Waals surface area contributed by atoms with Crippen molar-refractivity contribution in [2.75, 3.05) is 0 Å². The van der Waals surface area contributed by atoms with Crippen LogP contribution in [0.4, 0.5) is 0 Å². The molecular formula is C58H68O2SiZr. The number of benzene rings is 6. The van der Waals surface area contributed by atoms with E-state index in [9.17, 15) is 0 Å². The predicted octanol–water partition coefficient (Wildman–Crippen LogP) is 16.0. The van der Waals surface area contributed by atoms with Crippen molar-refractivity contribution in [1.29, 1.82) is 0 Å². The Bertz CT molecular complexity index is 2750. The van der Waals surface area contributed by atoms with Crippen LogP contribution in [0.15, 0.2) is 145 Å². The molecule has 0 aromatic heterocycles. The molecule has 2 unspecified atom stereocenters. The Morgan fingerprint density at radius 1 is 0.500 bits per heavy atom. The summed E-state index contributed by atoms with van der Waals surface area (Å²) < 4.78 is 22.6. The van der Waals surface area contributed by atoms with Crippen LogP contribution in [0.25, 0.3) is 34.4 Å². The van der Waals surface area contributed by atoms with Gasteiger partial charge in [-0.15, -0.1) is 0 Å². The van der Waals surface area contributed by atoms with Crippen molar-refractivity contribution in [3.8, 4) is 33.8 Å². The Morgan fingerprint density at radius 2 is 0.871 bits per heavy atom. The molecule has 0 heterocycles. The number of aryl methyl sites for hydroxylation is 2. The van der Waals surface area contributed by atoms with E-state index in [0.29, 0.717) is 0 Å². The van der Waals surface area contributed by atoms with Gasteiger partial charge in [0.1, 0.15) is 0 Å². The average molecular weight is 916 g/mol. The van der Waals surface area contributed by atoms with E-state index in [1.165, 1.54) is 77.9 Å². The van der Waals surface area contributed by atoms with E-state index >= 15 is 0 Å². The molecule has 8 rings (SSSR count). The molecule has 0 amide bonds. The van der Waals surface area contributed by atoms with Crippen LogP contribution >= 0.6 is 0 Å². The number of allylic oxidation sites excluding steroid dienone is 2. The molecular weight excluding hydrogens is 848 g/mol. The first-order valence-electron chi connectivity index (χ1n) is 23.0. The first kappa shape index (κ1) is 44.1. The van der Waals surface area contributed by atoms with Crippen LogP contribution < -0.4 is 5.63 Å². The molecule has 2 aliphatic carbocycles. The topological polar surface area (TPSA) is 18.5 Å². The van der Waals surface area contributed by atoms with Crippen LogP contribution in [-0.4, -0.2) is 6.88 Å². The molecule has 6 aromatic carbocycles.